The van der Waals surface area contributed by atoms with Crippen LogP contribution in [0.2, 0.25) is 0 Å². The number of hydrogen-bond acceptors (Lipinski definition) is 2. The van der Waals surface area contributed by atoms with Crippen LogP contribution >= 0.6 is 110 Å². The van der Waals surface area contributed by atoms with Gasteiger partial charge in [0.1, 0.15) is 0 Å². The maximum absolute atomic E-state index is 12.8. The molecule has 0 aliphatic heterocycles. The highest BCUT2D eigenvalue weighted by molar-refractivity contribution is 9.11. The number of halogens is 8. The van der Waals surface area contributed by atoms with Crippen molar-refractivity contribution in [2.24, 2.45) is 0 Å². The van der Waals surface area contributed by atoms with Gasteiger partial charge in [-0.2, -0.15) is 0 Å². The highest BCUT2D eigenvalue weighted by Crippen LogP contribution is 2.44. The van der Waals surface area contributed by atoms with Crippen molar-refractivity contribution in [1.82, 2.24) is 0 Å². The van der Waals surface area contributed by atoms with Gasteiger partial charge >= 0.3 is 0 Å². The van der Waals surface area contributed by atoms with E-state index in [-0.39, 0.29) is 0 Å². The first-order valence-corrected chi connectivity index (χ1v) is 13.6. The SMILES string of the molecule is O=S(=O)(CC(Cl)(Cl)c1cc(Br)ccc1Br)CC(Cl)(Cl)c1cc(Br)ccc1Br. The fourth-order valence-corrected chi connectivity index (χ4v) is 8.80. The predicted molar refractivity (Wildman–Crippen MR) is 129 cm³/mol. The number of rotatable bonds is 6. The van der Waals surface area contributed by atoms with Crippen LogP contribution in [0.1, 0.15) is 11.1 Å². The van der Waals surface area contributed by atoms with Crippen molar-refractivity contribution >= 4 is 120 Å². The third-order valence-corrected chi connectivity index (χ3v) is 9.55. The largest absolute Gasteiger partial charge is 0.229 e. The van der Waals surface area contributed by atoms with Crippen molar-refractivity contribution in [3.8, 4) is 0 Å². The second kappa shape index (κ2) is 9.31. The fourth-order valence-electron chi connectivity index (χ4n) is 2.31. The number of sulfone groups is 1. The molecule has 148 valence electrons. The van der Waals surface area contributed by atoms with E-state index in [1.54, 1.807) is 36.4 Å². The van der Waals surface area contributed by atoms with Crippen molar-refractivity contribution in [2.75, 3.05) is 11.5 Å². The smallest absolute Gasteiger partial charge is 0.158 e. The fraction of sp³-hybridized carbons (Fsp3) is 0.250. The van der Waals surface area contributed by atoms with E-state index in [0.29, 0.717) is 29.0 Å². The molecule has 0 radical (unpaired) electrons. The number of alkyl halides is 4. The van der Waals surface area contributed by atoms with E-state index in [9.17, 15) is 8.42 Å². The first kappa shape index (κ1) is 24.7. The van der Waals surface area contributed by atoms with Gasteiger partial charge in [0.2, 0.25) is 0 Å². The Kier molecular flexibility index (Phi) is 8.53. The van der Waals surface area contributed by atoms with Crippen molar-refractivity contribution in [1.29, 1.82) is 0 Å². The summed E-state index contributed by atoms with van der Waals surface area (Å²) in [6.07, 6.45) is 0. The molecule has 11 heteroatoms. The first-order valence-electron chi connectivity index (χ1n) is 7.11. The summed E-state index contributed by atoms with van der Waals surface area (Å²) in [6, 6.07) is 10.3. The van der Waals surface area contributed by atoms with E-state index < -0.39 is 30.0 Å². The quantitative estimate of drug-likeness (QED) is 0.282. The standard InChI is InChI=1S/C16H10Br4Cl4O2S/c17-9-1-3-13(19)11(5-9)15(21,22)7-27(25,26)8-16(23,24)12-6-10(18)2-4-14(12)20/h1-6H,7-8H2. The van der Waals surface area contributed by atoms with Gasteiger partial charge in [-0.05, 0) is 36.4 Å². The zero-order chi connectivity index (χ0) is 20.6. The molecule has 0 saturated heterocycles. The molecular formula is C16H10Br4Cl4O2S. The lowest BCUT2D eigenvalue weighted by molar-refractivity contribution is 0.589. The summed E-state index contributed by atoms with van der Waals surface area (Å²) in [5.41, 5.74) is 0.837. The minimum absolute atomic E-state index is 0.419. The van der Waals surface area contributed by atoms with Crippen LogP contribution in [0, 0.1) is 0 Å². The number of hydrogen-bond donors (Lipinski definition) is 0. The van der Waals surface area contributed by atoms with E-state index in [2.05, 4.69) is 63.7 Å². The second-order valence-electron chi connectivity index (χ2n) is 5.69. The van der Waals surface area contributed by atoms with Crippen LogP contribution in [0.3, 0.4) is 0 Å². The van der Waals surface area contributed by atoms with Crippen LogP contribution in [0.25, 0.3) is 0 Å². The molecule has 0 saturated carbocycles. The second-order valence-corrected chi connectivity index (χ2v) is 14.3. The molecule has 2 nitrogen and oxygen atoms in total. The summed E-state index contributed by atoms with van der Waals surface area (Å²) in [5.74, 6) is -1.13. The van der Waals surface area contributed by atoms with Crippen LogP contribution < -0.4 is 0 Å². The molecule has 0 heterocycles. The molecule has 0 amide bonds. The van der Waals surface area contributed by atoms with Gasteiger partial charge in [-0.1, -0.05) is 110 Å². The van der Waals surface area contributed by atoms with Crippen molar-refractivity contribution < 1.29 is 8.42 Å². The molecule has 2 rings (SSSR count). The number of benzene rings is 2. The van der Waals surface area contributed by atoms with Gasteiger partial charge in [0.05, 0.1) is 11.5 Å². The topological polar surface area (TPSA) is 34.1 Å². The molecule has 0 unspecified atom stereocenters. The van der Waals surface area contributed by atoms with E-state index in [1.165, 1.54) is 0 Å². The van der Waals surface area contributed by atoms with Crippen molar-refractivity contribution in [3.05, 3.63) is 65.4 Å². The lowest BCUT2D eigenvalue weighted by Gasteiger charge is -2.25. The van der Waals surface area contributed by atoms with Crippen molar-refractivity contribution in [3.63, 3.8) is 0 Å². The molecule has 0 aliphatic carbocycles. The summed E-state index contributed by atoms with van der Waals surface area (Å²) < 4.78 is 24.8. The summed E-state index contributed by atoms with van der Waals surface area (Å²) >= 11 is 38.9. The molecule has 0 bridgehead atoms. The Morgan fingerprint density at radius 2 is 1.04 bits per heavy atom. The maximum Gasteiger partial charge on any atom is 0.158 e. The average Bonchev–Trinajstić information content (AvgIpc) is 2.49. The van der Waals surface area contributed by atoms with Crippen LogP contribution in [0.15, 0.2) is 54.3 Å². The Hall–Kier alpha value is 1.47. The lowest BCUT2D eigenvalue weighted by Crippen LogP contribution is -2.32. The van der Waals surface area contributed by atoms with Crippen LogP contribution in [-0.2, 0) is 18.5 Å². The minimum atomic E-state index is -3.85. The maximum atomic E-state index is 12.8. The average molecular weight is 728 g/mol. The van der Waals surface area contributed by atoms with Gasteiger partial charge in [-0.25, -0.2) is 8.42 Å². The summed E-state index contributed by atoms with van der Waals surface area (Å²) in [5, 5.41) is 0. The Morgan fingerprint density at radius 1 is 0.704 bits per heavy atom. The minimum Gasteiger partial charge on any atom is -0.229 e. The molecule has 2 aromatic rings. The van der Waals surface area contributed by atoms with E-state index in [0.717, 1.165) is 0 Å². The lowest BCUT2D eigenvalue weighted by atomic mass is 10.1. The normalized spacial score (nSPS) is 13.0. The van der Waals surface area contributed by atoms with Gasteiger partial charge in [-0.3, -0.25) is 0 Å². The molecule has 0 spiro atoms. The molecule has 27 heavy (non-hydrogen) atoms. The van der Waals surface area contributed by atoms with Crippen molar-refractivity contribution in [2.45, 2.75) is 8.67 Å². The molecule has 0 N–H and O–H groups in total. The van der Waals surface area contributed by atoms with Gasteiger partial charge in [-0.15, -0.1) is 0 Å². The van der Waals surface area contributed by atoms with Crippen LogP contribution in [0.4, 0.5) is 0 Å². The van der Waals surface area contributed by atoms with Crippen LogP contribution in [0.5, 0.6) is 0 Å². The van der Waals surface area contributed by atoms with Crippen LogP contribution in [-0.4, -0.2) is 19.9 Å². The summed E-state index contributed by atoms with van der Waals surface area (Å²) in [6.45, 7) is 0. The Morgan fingerprint density at radius 3 is 1.37 bits per heavy atom. The van der Waals surface area contributed by atoms with E-state index in [1.807, 2.05) is 0 Å². The molecular weight excluding hydrogens is 718 g/mol. The Bertz CT molecular complexity index is 893. The molecule has 2 aromatic carbocycles. The summed E-state index contributed by atoms with van der Waals surface area (Å²) in [7, 11) is -3.85. The molecule has 0 aromatic heterocycles. The summed E-state index contributed by atoms with van der Waals surface area (Å²) in [4.78, 5) is 0. The van der Waals surface area contributed by atoms with Gasteiger partial charge in [0.25, 0.3) is 0 Å². The predicted octanol–water partition coefficient (Wildman–Crippen LogP) is 8.11. The van der Waals surface area contributed by atoms with Gasteiger partial charge in [0, 0.05) is 29.0 Å². The zero-order valence-electron chi connectivity index (χ0n) is 13.1. The first-order chi connectivity index (χ1) is 12.2. The molecule has 0 aliphatic rings. The molecule has 0 fully saturated rings. The Balaban J connectivity index is 2.33. The van der Waals surface area contributed by atoms with E-state index in [4.69, 9.17) is 46.4 Å². The highest BCUT2D eigenvalue weighted by Gasteiger charge is 2.40. The zero-order valence-corrected chi connectivity index (χ0v) is 23.3. The monoisotopic (exact) mass is 722 g/mol. The van der Waals surface area contributed by atoms with E-state index >= 15 is 0 Å². The Labute approximate surface area is 211 Å². The van der Waals surface area contributed by atoms with Gasteiger partial charge in [0.15, 0.2) is 18.5 Å². The highest BCUT2D eigenvalue weighted by atomic mass is 79.9. The third kappa shape index (κ3) is 6.73. The molecule has 0 atom stereocenters. The van der Waals surface area contributed by atoms with Gasteiger partial charge < -0.3 is 0 Å². The third-order valence-electron chi connectivity index (χ3n) is 3.45.